The third-order valence-corrected chi connectivity index (χ3v) is 4.44. The normalized spacial score (nSPS) is 10.4. The smallest absolute Gasteiger partial charge is 0.337 e. The van der Waals surface area contributed by atoms with Crippen molar-refractivity contribution in [3.05, 3.63) is 28.8 Å². The van der Waals surface area contributed by atoms with E-state index in [-0.39, 0.29) is 22.3 Å². The van der Waals surface area contributed by atoms with E-state index >= 15 is 0 Å². The Hall–Kier alpha value is -1.00. The van der Waals surface area contributed by atoms with E-state index in [1.54, 1.807) is 6.07 Å². The molecule has 0 saturated carbocycles. The molecule has 0 aromatic heterocycles. The number of aryl methyl sites for hydroxylation is 2. The van der Waals surface area contributed by atoms with Gasteiger partial charge in [-0.1, -0.05) is 70.8 Å². The zero-order valence-electron chi connectivity index (χ0n) is 15.2. The molecule has 0 fully saturated rings. The number of nitrogen functional groups attached to an aromatic ring is 1. The van der Waals surface area contributed by atoms with Crippen LogP contribution in [0.1, 0.15) is 92.6 Å². The standard InChI is InChI=1S/C20H33NO2.Co/c1-3-4-5-6-7-8-9-10-11-12-13-17-14-16(2)15-18(19(17)21)20(22)23;/h14-15H,3-13,21H2,1-2H3,(H,22,23);. The number of nitrogens with two attached hydrogens (primary N) is 1. The van der Waals surface area contributed by atoms with Gasteiger partial charge in [-0.2, -0.15) is 0 Å². The van der Waals surface area contributed by atoms with Gasteiger partial charge in [0.1, 0.15) is 0 Å². The number of anilines is 1. The van der Waals surface area contributed by atoms with E-state index < -0.39 is 5.97 Å². The minimum absolute atomic E-state index is 0. The Bertz CT molecular complexity index is 489. The molecule has 0 saturated heterocycles. The van der Waals surface area contributed by atoms with Crippen LogP contribution in [0.5, 0.6) is 0 Å². The quantitative estimate of drug-likeness (QED) is 0.360. The maximum Gasteiger partial charge on any atom is 0.337 e. The fourth-order valence-corrected chi connectivity index (χ4v) is 3.06. The number of carbonyl (C=O) groups is 1. The second kappa shape index (κ2) is 13.3. The van der Waals surface area contributed by atoms with Crippen molar-refractivity contribution in [1.29, 1.82) is 0 Å². The molecular formula is C20H33CoNO2. The molecular weight excluding hydrogens is 345 g/mol. The first kappa shape index (κ1) is 23.0. The fourth-order valence-electron chi connectivity index (χ4n) is 3.06. The summed E-state index contributed by atoms with van der Waals surface area (Å²) in [5.41, 5.74) is 8.64. The monoisotopic (exact) mass is 378 g/mol. The average Bonchev–Trinajstić information content (AvgIpc) is 2.51. The molecule has 0 unspecified atom stereocenters. The van der Waals surface area contributed by atoms with Crippen molar-refractivity contribution in [2.45, 2.75) is 84.5 Å². The van der Waals surface area contributed by atoms with Gasteiger partial charge < -0.3 is 10.8 Å². The summed E-state index contributed by atoms with van der Waals surface area (Å²) in [5.74, 6) is -0.935. The number of carboxylic acid groups (broad SMARTS) is 1. The number of benzene rings is 1. The van der Waals surface area contributed by atoms with Crippen molar-refractivity contribution < 1.29 is 26.7 Å². The molecule has 1 rings (SSSR count). The molecule has 1 aromatic rings. The van der Waals surface area contributed by atoms with Gasteiger partial charge in [-0.15, -0.1) is 0 Å². The van der Waals surface area contributed by atoms with Crippen LogP contribution in [0.4, 0.5) is 5.69 Å². The van der Waals surface area contributed by atoms with E-state index in [1.807, 2.05) is 13.0 Å². The molecule has 0 atom stereocenters. The zero-order chi connectivity index (χ0) is 17.1. The second-order valence-electron chi connectivity index (χ2n) is 6.62. The molecule has 1 aromatic carbocycles. The van der Waals surface area contributed by atoms with Gasteiger partial charge in [0.05, 0.1) is 5.56 Å². The first-order valence-electron chi connectivity index (χ1n) is 9.18. The second-order valence-corrected chi connectivity index (χ2v) is 6.62. The van der Waals surface area contributed by atoms with Gasteiger partial charge in [0.2, 0.25) is 0 Å². The van der Waals surface area contributed by atoms with Crippen LogP contribution in [0.15, 0.2) is 12.1 Å². The number of aromatic carboxylic acids is 1. The molecule has 0 spiro atoms. The van der Waals surface area contributed by atoms with Crippen molar-refractivity contribution in [1.82, 2.24) is 0 Å². The molecule has 24 heavy (non-hydrogen) atoms. The SMILES string of the molecule is CCCCCCCCCCCCc1cc(C)cc(C(=O)O)c1N.[Co]. The van der Waals surface area contributed by atoms with Gasteiger partial charge in [0.15, 0.2) is 0 Å². The average molecular weight is 378 g/mol. The topological polar surface area (TPSA) is 63.3 Å². The summed E-state index contributed by atoms with van der Waals surface area (Å²) in [6.07, 6.45) is 13.9. The van der Waals surface area contributed by atoms with E-state index in [0.29, 0.717) is 5.69 Å². The summed E-state index contributed by atoms with van der Waals surface area (Å²) in [7, 11) is 0. The van der Waals surface area contributed by atoms with Gasteiger partial charge in [-0.25, -0.2) is 4.79 Å². The van der Waals surface area contributed by atoms with E-state index in [1.165, 1.54) is 57.8 Å². The largest absolute Gasteiger partial charge is 0.478 e. The van der Waals surface area contributed by atoms with E-state index in [2.05, 4.69) is 6.92 Å². The Morgan fingerprint density at radius 1 is 0.958 bits per heavy atom. The number of hydrogen-bond donors (Lipinski definition) is 2. The molecule has 0 heterocycles. The van der Waals surface area contributed by atoms with Gasteiger partial charge in [0.25, 0.3) is 0 Å². The van der Waals surface area contributed by atoms with Gasteiger partial charge in [-0.3, -0.25) is 0 Å². The van der Waals surface area contributed by atoms with Crippen molar-refractivity contribution in [3.8, 4) is 0 Å². The van der Waals surface area contributed by atoms with Gasteiger partial charge >= 0.3 is 5.97 Å². The Morgan fingerprint density at radius 2 is 1.46 bits per heavy atom. The maximum absolute atomic E-state index is 11.2. The van der Waals surface area contributed by atoms with Crippen LogP contribution >= 0.6 is 0 Å². The molecule has 0 aliphatic rings. The van der Waals surface area contributed by atoms with Gasteiger partial charge in [-0.05, 0) is 37.0 Å². The third-order valence-electron chi connectivity index (χ3n) is 4.44. The summed E-state index contributed by atoms with van der Waals surface area (Å²) >= 11 is 0. The molecule has 139 valence electrons. The summed E-state index contributed by atoms with van der Waals surface area (Å²) in [6.45, 7) is 4.17. The predicted octanol–water partition coefficient (Wildman–Crippen LogP) is 5.74. The van der Waals surface area contributed by atoms with Crippen LogP contribution in [-0.4, -0.2) is 11.1 Å². The Labute approximate surface area is 157 Å². The van der Waals surface area contributed by atoms with Gasteiger partial charge in [0, 0.05) is 22.5 Å². The first-order chi connectivity index (χ1) is 11.1. The maximum atomic E-state index is 11.2. The molecule has 3 nitrogen and oxygen atoms in total. The van der Waals surface area contributed by atoms with E-state index in [9.17, 15) is 9.90 Å². The van der Waals surface area contributed by atoms with Crippen molar-refractivity contribution in [2.24, 2.45) is 0 Å². The number of unbranched alkanes of at least 4 members (excludes halogenated alkanes) is 9. The fraction of sp³-hybridized carbons (Fsp3) is 0.650. The van der Waals surface area contributed by atoms with E-state index in [0.717, 1.165) is 24.0 Å². The van der Waals surface area contributed by atoms with Crippen LogP contribution in [0, 0.1) is 6.92 Å². The van der Waals surface area contributed by atoms with Crippen molar-refractivity contribution in [3.63, 3.8) is 0 Å². The van der Waals surface area contributed by atoms with Crippen molar-refractivity contribution in [2.75, 3.05) is 5.73 Å². The number of rotatable bonds is 12. The molecule has 0 aliphatic heterocycles. The Kier molecular flexibility index (Phi) is 12.7. The minimum atomic E-state index is -0.935. The summed E-state index contributed by atoms with van der Waals surface area (Å²) < 4.78 is 0. The molecule has 0 amide bonds. The van der Waals surface area contributed by atoms with Crippen LogP contribution in [-0.2, 0) is 23.2 Å². The number of hydrogen-bond acceptors (Lipinski definition) is 2. The molecule has 0 aliphatic carbocycles. The first-order valence-corrected chi connectivity index (χ1v) is 9.18. The van der Waals surface area contributed by atoms with Crippen LogP contribution in [0.3, 0.4) is 0 Å². The predicted molar refractivity (Wildman–Crippen MR) is 98.1 cm³/mol. The van der Waals surface area contributed by atoms with Crippen LogP contribution in [0.2, 0.25) is 0 Å². The van der Waals surface area contributed by atoms with E-state index in [4.69, 9.17) is 5.73 Å². The summed E-state index contributed by atoms with van der Waals surface area (Å²) in [6, 6.07) is 3.68. The summed E-state index contributed by atoms with van der Waals surface area (Å²) in [5, 5.41) is 9.18. The summed E-state index contributed by atoms with van der Waals surface area (Å²) in [4.78, 5) is 11.2. The van der Waals surface area contributed by atoms with Crippen LogP contribution < -0.4 is 5.73 Å². The third kappa shape index (κ3) is 8.74. The van der Waals surface area contributed by atoms with Crippen molar-refractivity contribution >= 4 is 11.7 Å². The molecule has 3 N–H and O–H groups in total. The Morgan fingerprint density at radius 3 is 1.96 bits per heavy atom. The Balaban J connectivity index is 0.00000529. The van der Waals surface area contributed by atoms with Crippen LogP contribution in [0.25, 0.3) is 0 Å². The minimum Gasteiger partial charge on any atom is -0.478 e. The zero-order valence-corrected chi connectivity index (χ0v) is 16.2. The number of carboxylic acids is 1. The molecule has 4 heteroatoms. The molecule has 1 radical (unpaired) electrons. The molecule has 0 bridgehead atoms.